The van der Waals surface area contributed by atoms with Gasteiger partial charge < -0.3 is 10.6 Å². The number of aryl methyl sites for hydroxylation is 3. The highest BCUT2D eigenvalue weighted by atomic mass is 32.2. The monoisotopic (exact) mass is 482 g/mol. The first-order chi connectivity index (χ1) is 16.0. The molecule has 0 amide bonds. The van der Waals surface area contributed by atoms with Crippen LogP contribution in [0.2, 0.25) is 0 Å². The molecule has 0 saturated carbocycles. The summed E-state index contributed by atoms with van der Waals surface area (Å²) in [7, 11) is -2.03. The van der Waals surface area contributed by atoms with E-state index in [2.05, 4.69) is 35.7 Å². The molecule has 3 heterocycles. The van der Waals surface area contributed by atoms with Gasteiger partial charge in [-0.2, -0.15) is 5.10 Å². The van der Waals surface area contributed by atoms with Crippen LogP contribution in [0.4, 0.5) is 27.5 Å². The van der Waals surface area contributed by atoms with Gasteiger partial charge in [-0.25, -0.2) is 32.7 Å². The second-order valence-corrected chi connectivity index (χ2v) is 9.84. The Bertz CT molecular complexity index is 1480. The maximum Gasteiger partial charge on any atom is 0.177 e. The Morgan fingerprint density at radius 1 is 0.941 bits per heavy atom. The van der Waals surface area contributed by atoms with E-state index >= 15 is 4.39 Å². The summed E-state index contributed by atoms with van der Waals surface area (Å²) in [5.74, 6) is 0.983. The van der Waals surface area contributed by atoms with E-state index in [9.17, 15) is 8.42 Å². The Labute approximate surface area is 196 Å². The minimum Gasteiger partial charge on any atom is -0.337 e. The number of anilines is 4. The lowest BCUT2D eigenvalue weighted by atomic mass is 10.1. The van der Waals surface area contributed by atoms with E-state index in [-0.39, 0.29) is 16.4 Å². The molecule has 4 rings (SSSR count). The van der Waals surface area contributed by atoms with Gasteiger partial charge in [-0.1, -0.05) is 0 Å². The maximum absolute atomic E-state index is 15.3. The molecule has 0 radical (unpaired) electrons. The zero-order chi connectivity index (χ0) is 24.6. The van der Waals surface area contributed by atoms with Crippen LogP contribution in [0.1, 0.15) is 17.2 Å². The third kappa shape index (κ3) is 4.86. The van der Waals surface area contributed by atoms with Crippen molar-refractivity contribution in [3.8, 4) is 11.1 Å². The highest BCUT2D eigenvalue weighted by Gasteiger charge is 2.21. The topological polar surface area (TPSA) is 128 Å². The van der Waals surface area contributed by atoms with Crippen molar-refractivity contribution in [3.63, 3.8) is 0 Å². The molecule has 176 valence electrons. The predicted octanol–water partition coefficient (Wildman–Crippen LogP) is 3.62. The van der Waals surface area contributed by atoms with Crippen molar-refractivity contribution in [2.24, 2.45) is 7.05 Å². The molecule has 3 aromatic heterocycles. The van der Waals surface area contributed by atoms with Crippen molar-refractivity contribution in [2.45, 2.75) is 25.7 Å². The predicted molar refractivity (Wildman–Crippen MR) is 127 cm³/mol. The standard InChI is InChI=1S/C22H23FN8O2S/c1-12-6-21(28-14(3)27-12)29-19-9-20(25-11-24-19)30-22-17(23)7-15(8-18(22)34(5,32)33)16-10-26-31(4)13(16)2/h6-11H,1-5H3,(H2,24,25,27,28,29,30). The van der Waals surface area contributed by atoms with Gasteiger partial charge in [0.1, 0.15) is 35.4 Å². The fourth-order valence-corrected chi connectivity index (χ4v) is 4.33. The van der Waals surface area contributed by atoms with Gasteiger partial charge in [0.2, 0.25) is 0 Å². The van der Waals surface area contributed by atoms with Crippen molar-refractivity contribution < 1.29 is 12.8 Å². The molecule has 0 bridgehead atoms. The quantitative estimate of drug-likeness (QED) is 0.423. The highest BCUT2D eigenvalue weighted by Crippen LogP contribution is 2.34. The van der Waals surface area contributed by atoms with Crippen LogP contribution in [0.3, 0.4) is 0 Å². The first-order valence-corrected chi connectivity index (χ1v) is 12.1. The molecule has 0 aliphatic rings. The molecule has 0 aliphatic carbocycles. The molecule has 2 N–H and O–H groups in total. The second-order valence-electron chi connectivity index (χ2n) is 7.85. The minimum atomic E-state index is -3.79. The van der Waals surface area contributed by atoms with E-state index in [1.807, 2.05) is 13.8 Å². The van der Waals surface area contributed by atoms with E-state index in [1.165, 1.54) is 24.5 Å². The zero-order valence-corrected chi connectivity index (χ0v) is 20.1. The van der Waals surface area contributed by atoms with Gasteiger partial charge in [-0.3, -0.25) is 4.68 Å². The van der Waals surface area contributed by atoms with Gasteiger partial charge in [-0.05, 0) is 38.5 Å². The van der Waals surface area contributed by atoms with E-state index in [4.69, 9.17) is 0 Å². The normalized spacial score (nSPS) is 11.5. The van der Waals surface area contributed by atoms with Crippen LogP contribution in [0.5, 0.6) is 0 Å². The Hall–Kier alpha value is -3.93. The van der Waals surface area contributed by atoms with Crippen LogP contribution in [0, 0.1) is 26.6 Å². The van der Waals surface area contributed by atoms with Gasteiger partial charge in [0.05, 0.1) is 16.8 Å². The largest absolute Gasteiger partial charge is 0.337 e. The molecule has 4 aromatic rings. The Morgan fingerprint density at radius 3 is 2.26 bits per heavy atom. The number of hydrogen-bond acceptors (Lipinski definition) is 9. The van der Waals surface area contributed by atoms with Gasteiger partial charge in [0.15, 0.2) is 9.84 Å². The SMILES string of the molecule is Cc1cc(Nc2cc(Nc3c(F)cc(-c4cnn(C)c4C)cc3S(C)(=O)=O)ncn2)nc(C)n1. The maximum atomic E-state index is 15.3. The molecule has 12 heteroatoms. The highest BCUT2D eigenvalue weighted by molar-refractivity contribution is 7.90. The molecule has 1 aromatic carbocycles. The van der Waals surface area contributed by atoms with Gasteiger partial charge >= 0.3 is 0 Å². The molecule has 10 nitrogen and oxygen atoms in total. The average Bonchev–Trinajstić information content (AvgIpc) is 3.06. The minimum absolute atomic E-state index is 0.194. The summed E-state index contributed by atoms with van der Waals surface area (Å²) in [5.41, 5.74) is 2.41. The van der Waals surface area contributed by atoms with E-state index in [0.29, 0.717) is 28.6 Å². The number of halogens is 1. The molecule has 0 unspecified atom stereocenters. The zero-order valence-electron chi connectivity index (χ0n) is 19.3. The third-order valence-electron chi connectivity index (χ3n) is 5.14. The van der Waals surface area contributed by atoms with Crippen LogP contribution in [0.25, 0.3) is 11.1 Å². The first kappa shape index (κ1) is 23.2. The number of sulfone groups is 1. The number of nitrogens with one attached hydrogen (secondary N) is 2. The van der Waals surface area contributed by atoms with Crippen molar-refractivity contribution in [1.29, 1.82) is 0 Å². The Morgan fingerprint density at radius 2 is 1.65 bits per heavy atom. The molecule has 0 spiro atoms. The third-order valence-corrected chi connectivity index (χ3v) is 6.26. The van der Waals surface area contributed by atoms with Crippen molar-refractivity contribution in [2.75, 3.05) is 16.9 Å². The summed E-state index contributed by atoms with van der Waals surface area (Å²) < 4.78 is 42.0. The van der Waals surface area contributed by atoms with Gasteiger partial charge in [0.25, 0.3) is 0 Å². The molecular formula is C22H23FN8O2S. The van der Waals surface area contributed by atoms with Crippen LogP contribution in [-0.4, -0.2) is 44.4 Å². The Kier molecular flexibility index (Phi) is 6.00. The number of rotatable bonds is 6. The number of aromatic nitrogens is 6. The van der Waals surface area contributed by atoms with Crippen molar-refractivity contribution >= 4 is 33.0 Å². The van der Waals surface area contributed by atoms with Gasteiger partial charge in [0, 0.05) is 42.4 Å². The van der Waals surface area contributed by atoms with E-state index in [1.54, 1.807) is 30.9 Å². The summed E-state index contributed by atoms with van der Waals surface area (Å²) in [4.78, 5) is 16.6. The second kappa shape index (κ2) is 8.78. The molecule has 0 aliphatic heterocycles. The van der Waals surface area contributed by atoms with E-state index < -0.39 is 15.7 Å². The van der Waals surface area contributed by atoms with Crippen LogP contribution in [-0.2, 0) is 16.9 Å². The number of hydrogen-bond donors (Lipinski definition) is 2. The summed E-state index contributed by atoms with van der Waals surface area (Å²) in [5, 5.41) is 10.00. The molecule has 0 atom stereocenters. The van der Waals surface area contributed by atoms with Crippen molar-refractivity contribution in [3.05, 3.63) is 59.8 Å². The smallest absolute Gasteiger partial charge is 0.177 e. The summed E-state index contributed by atoms with van der Waals surface area (Å²) >= 11 is 0. The Balaban J connectivity index is 1.71. The average molecular weight is 483 g/mol. The molecule has 34 heavy (non-hydrogen) atoms. The molecule has 0 fully saturated rings. The van der Waals surface area contributed by atoms with Gasteiger partial charge in [-0.15, -0.1) is 0 Å². The number of nitrogens with zero attached hydrogens (tertiary/aromatic N) is 6. The lowest BCUT2D eigenvalue weighted by molar-refractivity contribution is 0.598. The lowest BCUT2D eigenvalue weighted by Crippen LogP contribution is -2.07. The molecular weight excluding hydrogens is 459 g/mol. The summed E-state index contributed by atoms with van der Waals surface area (Å²) in [6.45, 7) is 5.44. The number of benzene rings is 1. The molecule has 0 saturated heterocycles. The van der Waals surface area contributed by atoms with Crippen molar-refractivity contribution in [1.82, 2.24) is 29.7 Å². The lowest BCUT2D eigenvalue weighted by Gasteiger charge is -2.14. The summed E-state index contributed by atoms with van der Waals surface area (Å²) in [6.07, 6.45) is 3.87. The van der Waals surface area contributed by atoms with E-state index in [0.717, 1.165) is 17.6 Å². The van der Waals surface area contributed by atoms with Crippen LogP contribution >= 0.6 is 0 Å². The fourth-order valence-electron chi connectivity index (χ4n) is 3.47. The summed E-state index contributed by atoms with van der Waals surface area (Å²) in [6, 6.07) is 5.98. The van der Waals surface area contributed by atoms with Crippen LogP contribution in [0.15, 0.2) is 41.7 Å². The first-order valence-electron chi connectivity index (χ1n) is 10.2. The van der Waals surface area contributed by atoms with Crippen LogP contribution < -0.4 is 10.6 Å². The fraction of sp³-hybridized carbons (Fsp3) is 0.227.